The van der Waals surface area contributed by atoms with E-state index in [4.69, 9.17) is 9.47 Å². The third-order valence-electron chi connectivity index (χ3n) is 5.39. The van der Waals surface area contributed by atoms with Crippen molar-refractivity contribution >= 4 is 16.7 Å². The minimum atomic E-state index is -0.860. The van der Waals surface area contributed by atoms with Gasteiger partial charge in [0.1, 0.15) is 0 Å². The second kappa shape index (κ2) is 5.32. The molecule has 4 rings (SSSR count). The molecule has 1 saturated heterocycles. The Morgan fingerprint density at radius 1 is 0.913 bits per heavy atom. The number of carboxylic acid groups (broad SMARTS) is 1. The van der Waals surface area contributed by atoms with Gasteiger partial charge in [-0.25, -0.2) is 0 Å². The molecule has 2 fully saturated rings. The molecule has 0 aromatic heterocycles. The fourth-order valence-corrected chi connectivity index (χ4v) is 4.08. The van der Waals surface area contributed by atoms with Crippen LogP contribution in [0.3, 0.4) is 0 Å². The molecule has 0 amide bonds. The van der Waals surface area contributed by atoms with E-state index in [-0.39, 0.29) is 0 Å². The summed E-state index contributed by atoms with van der Waals surface area (Å²) in [6.45, 7) is 1.21. The molecule has 0 radical (unpaired) electrons. The molecule has 2 aliphatic rings. The topological polar surface area (TPSA) is 55.8 Å². The minimum absolute atomic E-state index is 0.538. The Morgan fingerprint density at radius 3 is 2.26 bits per heavy atom. The van der Waals surface area contributed by atoms with E-state index in [9.17, 15) is 9.90 Å². The van der Waals surface area contributed by atoms with Crippen molar-refractivity contribution in [3.8, 4) is 0 Å². The van der Waals surface area contributed by atoms with Crippen molar-refractivity contribution in [2.75, 3.05) is 13.2 Å². The maximum atomic E-state index is 12.2. The van der Waals surface area contributed by atoms with Crippen molar-refractivity contribution in [2.24, 2.45) is 0 Å². The summed E-state index contributed by atoms with van der Waals surface area (Å²) in [6, 6.07) is 13.9. The third kappa shape index (κ3) is 2.25. The number of aliphatic carboxylic acids is 1. The number of rotatable bonds is 2. The van der Waals surface area contributed by atoms with Crippen LogP contribution in [-0.4, -0.2) is 30.1 Å². The van der Waals surface area contributed by atoms with Crippen LogP contribution in [-0.2, 0) is 19.7 Å². The Bertz CT molecular complexity index is 731. The summed E-state index contributed by atoms with van der Waals surface area (Å²) < 4.78 is 11.5. The van der Waals surface area contributed by atoms with Crippen LogP contribution in [0.1, 0.15) is 31.2 Å². The average Bonchev–Trinajstić information content (AvgIpc) is 3.04. The lowest BCUT2D eigenvalue weighted by Gasteiger charge is -2.41. The molecular weight excluding hydrogens is 292 g/mol. The van der Waals surface area contributed by atoms with E-state index < -0.39 is 17.2 Å². The van der Waals surface area contributed by atoms with Crippen LogP contribution in [0.15, 0.2) is 42.5 Å². The zero-order chi connectivity index (χ0) is 15.9. The van der Waals surface area contributed by atoms with Gasteiger partial charge in [-0.1, -0.05) is 42.5 Å². The van der Waals surface area contributed by atoms with Gasteiger partial charge in [0.25, 0.3) is 0 Å². The summed E-state index contributed by atoms with van der Waals surface area (Å²) in [6.07, 6.45) is 2.33. The number of hydrogen-bond donors (Lipinski definition) is 1. The van der Waals surface area contributed by atoms with Crippen molar-refractivity contribution < 1.29 is 19.4 Å². The predicted octanol–water partition coefficient (Wildman–Crippen LogP) is 3.48. The molecular formula is C19H20O4. The summed E-state index contributed by atoms with van der Waals surface area (Å²) in [5.41, 5.74) is 0.0532. The van der Waals surface area contributed by atoms with Gasteiger partial charge in [-0.3, -0.25) is 4.79 Å². The van der Waals surface area contributed by atoms with E-state index in [1.165, 1.54) is 0 Å². The lowest BCUT2D eigenvalue weighted by Crippen LogP contribution is -2.46. The highest BCUT2D eigenvalue weighted by Crippen LogP contribution is 2.48. The summed E-state index contributed by atoms with van der Waals surface area (Å²) in [7, 11) is 0. The zero-order valence-electron chi connectivity index (χ0n) is 13.0. The Labute approximate surface area is 135 Å². The Morgan fingerprint density at radius 2 is 1.57 bits per heavy atom. The second-order valence-corrected chi connectivity index (χ2v) is 6.52. The van der Waals surface area contributed by atoms with Crippen LogP contribution in [0.4, 0.5) is 0 Å². The van der Waals surface area contributed by atoms with Gasteiger partial charge in [0.15, 0.2) is 5.79 Å². The van der Waals surface area contributed by atoms with Gasteiger partial charge < -0.3 is 14.6 Å². The molecule has 2 aromatic rings. The van der Waals surface area contributed by atoms with Gasteiger partial charge in [0.05, 0.1) is 18.6 Å². The maximum Gasteiger partial charge on any atom is 0.314 e. The molecule has 1 aliphatic carbocycles. The Balaban J connectivity index is 1.78. The standard InChI is InChI=1S/C19H20O4/c20-17(21)18(8-10-19(11-9-18)22-12-13-23-19)16-7-3-5-14-4-1-2-6-15(14)16/h1-7H,8-13H2,(H,20,21). The number of carbonyl (C=O) groups is 1. The van der Waals surface area contributed by atoms with Gasteiger partial charge in [0, 0.05) is 12.8 Å². The lowest BCUT2D eigenvalue weighted by molar-refractivity contribution is -0.189. The normalized spacial score (nSPS) is 22.4. The van der Waals surface area contributed by atoms with Crippen LogP contribution in [0.5, 0.6) is 0 Å². The smallest absolute Gasteiger partial charge is 0.314 e. The molecule has 0 bridgehead atoms. The van der Waals surface area contributed by atoms with Gasteiger partial charge in [-0.15, -0.1) is 0 Å². The van der Waals surface area contributed by atoms with Crippen molar-refractivity contribution in [1.29, 1.82) is 0 Å². The summed E-state index contributed by atoms with van der Waals surface area (Å²) >= 11 is 0. The SMILES string of the molecule is O=C(O)C1(c2cccc3ccccc23)CCC2(CC1)OCCO2. The van der Waals surface area contributed by atoms with Crippen LogP contribution in [0.2, 0.25) is 0 Å². The number of fused-ring (bicyclic) bond motifs is 1. The maximum absolute atomic E-state index is 12.2. The summed E-state index contributed by atoms with van der Waals surface area (Å²) in [5, 5.41) is 12.2. The lowest BCUT2D eigenvalue weighted by atomic mass is 9.66. The van der Waals surface area contributed by atoms with E-state index in [2.05, 4.69) is 0 Å². The largest absolute Gasteiger partial charge is 0.481 e. The van der Waals surface area contributed by atoms with Crippen LogP contribution >= 0.6 is 0 Å². The number of ether oxygens (including phenoxy) is 2. The highest BCUT2D eigenvalue weighted by Gasteiger charge is 2.51. The molecule has 23 heavy (non-hydrogen) atoms. The fraction of sp³-hybridized carbons (Fsp3) is 0.421. The average molecular weight is 312 g/mol. The highest BCUT2D eigenvalue weighted by atomic mass is 16.7. The van der Waals surface area contributed by atoms with Crippen LogP contribution < -0.4 is 0 Å². The molecule has 120 valence electrons. The van der Waals surface area contributed by atoms with E-state index in [1.54, 1.807) is 0 Å². The first-order chi connectivity index (χ1) is 11.2. The van der Waals surface area contributed by atoms with Crippen LogP contribution in [0.25, 0.3) is 10.8 Å². The van der Waals surface area contributed by atoms with Crippen LogP contribution in [0, 0.1) is 0 Å². The highest BCUT2D eigenvalue weighted by molar-refractivity contribution is 5.93. The first kappa shape index (κ1) is 14.7. The monoisotopic (exact) mass is 312 g/mol. The van der Waals surface area contributed by atoms with E-state index in [0.717, 1.165) is 16.3 Å². The minimum Gasteiger partial charge on any atom is -0.481 e. The van der Waals surface area contributed by atoms with E-state index in [1.807, 2.05) is 42.5 Å². The molecule has 1 saturated carbocycles. The van der Waals surface area contributed by atoms with Crippen molar-refractivity contribution in [1.82, 2.24) is 0 Å². The number of benzene rings is 2. The van der Waals surface area contributed by atoms with Gasteiger partial charge in [-0.05, 0) is 29.2 Å². The molecule has 1 aliphatic heterocycles. The zero-order valence-corrected chi connectivity index (χ0v) is 13.0. The molecule has 4 nitrogen and oxygen atoms in total. The van der Waals surface area contributed by atoms with Gasteiger partial charge in [0.2, 0.25) is 0 Å². The molecule has 1 N–H and O–H groups in total. The second-order valence-electron chi connectivity index (χ2n) is 6.52. The summed E-state index contributed by atoms with van der Waals surface area (Å²) in [4.78, 5) is 12.2. The molecule has 1 heterocycles. The third-order valence-corrected chi connectivity index (χ3v) is 5.39. The number of carboxylic acids is 1. The van der Waals surface area contributed by atoms with E-state index in [0.29, 0.717) is 38.9 Å². The van der Waals surface area contributed by atoms with E-state index >= 15 is 0 Å². The van der Waals surface area contributed by atoms with Gasteiger partial charge >= 0.3 is 5.97 Å². The van der Waals surface area contributed by atoms with Crippen molar-refractivity contribution in [2.45, 2.75) is 36.9 Å². The molecule has 2 aromatic carbocycles. The number of hydrogen-bond acceptors (Lipinski definition) is 3. The van der Waals surface area contributed by atoms with Gasteiger partial charge in [-0.2, -0.15) is 0 Å². The molecule has 0 atom stereocenters. The molecule has 0 unspecified atom stereocenters. The van der Waals surface area contributed by atoms with Crippen molar-refractivity contribution in [3.63, 3.8) is 0 Å². The Kier molecular flexibility index (Phi) is 3.39. The molecule has 4 heteroatoms. The quantitative estimate of drug-likeness (QED) is 0.922. The Hall–Kier alpha value is -1.91. The summed E-state index contributed by atoms with van der Waals surface area (Å²) in [5.74, 6) is -1.30. The first-order valence-corrected chi connectivity index (χ1v) is 8.15. The first-order valence-electron chi connectivity index (χ1n) is 8.15. The fourth-order valence-electron chi connectivity index (χ4n) is 4.08. The predicted molar refractivity (Wildman–Crippen MR) is 86.4 cm³/mol. The molecule has 1 spiro atoms. The van der Waals surface area contributed by atoms with Crippen molar-refractivity contribution in [3.05, 3.63) is 48.0 Å².